The highest BCUT2D eigenvalue weighted by Crippen LogP contribution is 2.20. The van der Waals surface area contributed by atoms with Crippen molar-refractivity contribution in [2.75, 3.05) is 0 Å². The lowest BCUT2D eigenvalue weighted by molar-refractivity contribution is 0.101. The fraction of sp³-hybridized carbons (Fsp3) is 0.231. The Morgan fingerprint density at radius 3 is 2.78 bits per heavy atom. The minimum Gasteiger partial charge on any atom is -0.485 e. The number of imidazole rings is 1. The molecule has 0 amide bonds. The lowest BCUT2D eigenvalue weighted by atomic mass is 10.1. The van der Waals surface area contributed by atoms with Crippen LogP contribution in [0.5, 0.6) is 5.75 Å². The van der Waals surface area contributed by atoms with Gasteiger partial charge in [0.25, 0.3) is 0 Å². The monoisotopic (exact) mass is 264 g/mol. The van der Waals surface area contributed by atoms with E-state index in [1.807, 2.05) is 13.1 Å². The van der Waals surface area contributed by atoms with Gasteiger partial charge >= 0.3 is 0 Å². The predicted octanol–water partition coefficient (Wildman–Crippen LogP) is 2.86. The maximum Gasteiger partial charge on any atom is 0.163 e. The van der Waals surface area contributed by atoms with Crippen LogP contribution in [0.2, 0.25) is 5.15 Å². The highest BCUT2D eigenvalue weighted by atomic mass is 35.5. The largest absolute Gasteiger partial charge is 0.485 e. The number of nitrogens with zero attached hydrogens (tertiary/aromatic N) is 2. The number of ketones is 1. The van der Waals surface area contributed by atoms with Crippen LogP contribution in [0.15, 0.2) is 30.5 Å². The Balaban J connectivity index is 2.16. The molecule has 5 heteroatoms. The number of hydrogen-bond acceptors (Lipinski definition) is 3. The van der Waals surface area contributed by atoms with Gasteiger partial charge in [0.05, 0.1) is 11.8 Å². The lowest BCUT2D eigenvalue weighted by Crippen LogP contribution is -2.06. The van der Waals surface area contributed by atoms with Gasteiger partial charge in [-0.15, -0.1) is 0 Å². The molecule has 0 unspecified atom stereocenters. The highest BCUT2D eigenvalue weighted by molar-refractivity contribution is 6.29. The fourth-order valence-corrected chi connectivity index (χ4v) is 1.73. The van der Waals surface area contributed by atoms with Gasteiger partial charge < -0.3 is 9.30 Å². The van der Waals surface area contributed by atoms with Gasteiger partial charge in [0.2, 0.25) is 0 Å². The molecule has 0 aliphatic rings. The summed E-state index contributed by atoms with van der Waals surface area (Å²) < 4.78 is 7.35. The van der Waals surface area contributed by atoms with Crippen LogP contribution in [0.25, 0.3) is 0 Å². The molecule has 0 bridgehead atoms. The number of para-hydroxylation sites is 1. The standard InChI is InChI=1S/C13H13ClN2O2/c1-9(17)10-5-3-4-6-11(10)18-8-13-15-7-12(14)16(13)2/h3-7H,8H2,1-2H3. The second kappa shape index (κ2) is 5.23. The summed E-state index contributed by atoms with van der Waals surface area (Å²) in [6, 6.07) is 7.14. The molecule has 0 aliphatic heterocycles. The summed E-state index contributed by atoms with van der Waals surface area (Å²) in [7, 11) is 1.81. The van der Waals surface area contributed by atoms with Gasteiger partial charge in [-0.1, -0.05) is 23.7 Å². The van der Waals surface area contributed by atoms with Crippen LogP contribution in [0.4, 0.5) is 0 Å². The fourth-order valence-electron chi connectivity index (χ4n) is 1.58. The van der Waals surface area contributed by atoms with Crippen molar-refractivity contribution in [2.45, 2.75) is 13.5 Å². The molecule has 18 heavy (non-hydrogen) atoms. The predicted molar refractivity (Wildman–Crippen MR) is 69.0 cm³/mol. The van der Waals surface area contributed by atoms with E-state index in [1.54, 1.807) is 29.0 Å². The molecule has 2 rings (SSSR count). The summed E-state index contributed by atoms with van der Waals surface area (Å²) in [5.74, 6) is 1.24. The van der Waals surface area contributed by atoms with Crippen molar-refractivity contribution in [2.24, 2.45) is 7.05 Å². The third kappa shape index (κ3) is 2.54. The van der Waals surface area contributed by atoms with Gasteiger partial charge in [-0.05, 0) is 19.1 Å². The summed E-state index contributed by atoms with van der Waals surface area (Å²) in [5.41, 5.74) is 0.567. The number of hydrogen-bond donors (Lipinski definition) is 0. The number of ether oxygens (including phenoxy) is 1. The summed E-state index contributed by atoms with van der Waals surface area (Å²) in [4.78, 5) is 15.6. The van der Waals surface area contributed by atoms with Gasteiger partial charge in [-0.3, -0.25) is 4.79 Å². The minimum atomic E-state index is -0.0246. The normalized spacial score (nSPS) is 10.4. The van der Waals surface area contributed by atoms with Crippen molar-refractivity contribution in [3.05, 3.63) is 47.0 Å². The maximum absolute atomic E-state index is 11.4. The average molecular weight is 265 g/mol. The zero-order valence-electron chi connectivity index (χ0n) is 10.2. The second-order valence-corrected chi connectivity index (χ2v) is 4.28. The first-order valence-electron chi connectivity index (χ1n) is 5.48. The number of carbonyl (C=O) groups excluding carboxylic acids is 1. The third-order valence-corrected chi connectivity index (χ3v) is 3.00. The topological polar surface area (TPSA) is 44.1 Å². The molecule has 94 valence electrons. The first-order valence-corrected chi connectivity index (χ1v) is 5.86. The molecule has 0 aliphatic carbocycles. The van der Waals surface area contributed by atoms with Gasteiger partial charge in [0.15, 0.2) is 5.78 Å². The Morgan fingerprint density at radius 2 is 2.17 bits per heavy atom. The van der Waals surface area contributed by atoms with E-state index in [0.717, 1.165) is 0 Å². The van der Waals surface area contributed by atoms with E-state index in [4.69, 9.17) is 16.3 Å². The van der Waals surface area contributed by atoms with Crippen molar-refractivity contribution in [1.29, 1.82) is 0 Å². The summed E-state index contributed by atoms with van der Waals surface area (Å²) in [5, 5.41) is 0.549. The van der Waals surface area contributed by atoms with E-state index in [-0.39, 0.29) is 12.4 Å². The van der Waals surface area contributed by atoms with Gasteiger partial charge in [0.1, 0.15) is 23.3 Å². The van der Waals surface area contributed by atoms with Gasteiger partial charge in [0, 0.05) is 7.05 Å². The smallest absolute Gasteiger partial charge is 0.163 e. The van der Waals surface area contributed by atoms with Crippen molar-refractivity contribution < 1.29 is 9.53 Å². The van der Waals surface area contributed by atoms with Crippen molar-refractivity contribution in [3.63, 3.8) is 0 Å². The number of rotatable bonds is 4. The Kier molecular flexibility index (Phi) is 3.67. The number of halogens is 1. The zero-order chi connectivity index (χ0) is 13.1. The molecule has 1 aromatic heterocycles. The second-order valence-electron chi connectivity index (χ2n) is 3.90. The van der Waals surface area contributed by atoms with E-state index in [1.165, 1.54) is 6.92 Å². The molecule has 2 aromatic rings. The van der Waals surface area contributed by atoms with E-state index < -0.39 is 0 Å². The quantitative estimate of drug-likeness (QED) is 0.798. The number of carbonyl (C=O) groups is 1. The van der Waals surface area contributed by atoms with Crippen LogP contribution < -0.4 is 4.74 Å². The Morgan fingerprint density at radius 1 is 1.44 bits per heavy atom. The van der Waals surface area contributed by atoms with E-state index in [2.05, 4.69) is 4.98 Å². The molecule has 0 fully saturated rings. The van der Waals surface area contributed by atoms with Crippen molar-refractivity contribution >= 4 is 17.4 Å². The summed E-state index contributed by atoms with van der Waals surface area (Å²) in [6.45, 7) is 1.79. The molecule has 0 saturated carbocycles. The highest BCUT2D eigenvalue weighted by Gasteiger charge is 2.09. The van der Waals surface area contributed by atoms with E-state index in [0.29, 0.717) is 22.3 Å². The Bertz CT molecular complexity index is 578. The molecule has 0 radical (unpaired) electrons. The van der Waals surface area contributed by atoms with Crippen LogP contribution in [0.3, 0.4) is 0 Å². The molecule has 0 atom stereocenters. The Hall–Kier alpha value is -1.81. The first kappa shape index (κ1) is 12.6. The molecule has 0 saturated heterocycles. The first-order chi connectivity index (χ1) is 8.59. The summed E-state index contributed by atoms with van der Waals surface area (Å²) >= 11 is 5.88. The molecule has 4 nitrogen and oxygen atoms in total. The van der Waals surface area contributed by atoms with E-state index >= 15 is 0 Å². The van der Waals surface area contributed by atoms with Crippen LogP contribution in [-0.2, 0) is 13.7 Å². The third-order valence-electron chi connectivity index (χ3n) is 2.65. The van der Waals surface area contributed by atoms with Crippen LogP contribution in [0.1, 0.15) is 23.1 Å². The molecule has 0 N–H and O–H groups in total. The molecular weight excluding hydrogens is 252 g/mol. The summed E-state index contributed by atoms with van der Waals surface area (Å²) in [6.07, 6.45) is 1.57. The maximum atomic E-state index is 11.4. The molecule has 1 aromatic carbocycles. The van der Waals surface area contributed by atoms with Gasteiger partial charge in [-0.25, -0.2) is 4.98 Å². The SMILES string of the molecule is CC(=O)c1ccccc1OCc1ncc(Cl)n1C. The molecular formula is C13H13ClN2O2. The van der Waals surface area contributed by atoms with Crippen molar-refractivity contribution in [3.8, 4) is 5.75 Å². The number of benzene rings is 1. The van der Waals surface area contributed by atoms with Crippen LogP contribution >= 0.6 is 11.6 Å². The van der Waals surface area contributed by atoms with Gasteiger partial charge in [-0.2, -0.15) is 0 Å². The lowest BCUT2D eigenvalue weighted by Gasteiger charge is -2.09. The van der Waals surface area contributed by atoms with Crippen LogP contribution in [0, 0.1) is 0 Å². The zero-order valence-corrected chi connectivity index (χ0v) is 10.9. The Labute approximate surface area is 110 Å². The van der Waals surface area contributed by atoms with Crippen molar-refractivity contribution in [1.82, 2.24) is 9.55 Å². The molecule has 1 heterocycles. The van der Waals surface area contributed by atoms with E-state index in [9.17, 15) is 4.79 Å². The van der Waals surface area contributed by atoms with Crippen LogP contribution in [-0.4, -0.2) is 15.3 Å². The number of Topliss-reactive ketones (excluding diaryl/α,β-unsaturated/α-hetero) is 1. The molecule has 0 spiro atoms. The number of aromatic nitrogens is 2. The average Bonchev–Trinajstić information content (AvgIpc) is 2.68. The minimum absolute atomic E-state index is 0.0246.